The first-order valence-electron chi connectivity index (χ1n) is 10.3. The van der Waals surface area contributed by atoms with E-state index < -0.39 is 17.9 Å². The number of hydrogen-bond donors (Lipinski definition) is 2. The molecule has 3 amide bonds. The molecule has 1 fully saturated rings. The molecular weight excluding hydrogens is 418 g/mol. The van der Waals surface area contributed by atoms with Gasteiger partial charge in [0.2, 0.25) is 5.91 Å². The standard InChI is InChI=1S/C23H25N3O4.ClH/c27-15-14-24-10-12-25(13-11-24)23(30)20(16-17-6-2-1-3-7-17)26-21(28)18-8-4-5-9-19(18)22(26)29;/h1-9,20,27H,10-16H2;1H. The zero-order valence-electron chi connectivity index (χ0n) is 17.2. The van der Waals surface area contributed by atoms with E-state index >= 15 is 0 Å². The van der Waals surface area contributed by atoms with E-state index in [2.05, 4.69) is 0 Å². The van der Waals surface area contributed by atoms with Gasteiger partial charge in [0, 0.05) is 6.42 Å². The van der Waals surface area contributed by atoms with Gasteiger partial charge in [-0.15, -0.1) is 0 Å². The van der Waals surface area contributed by atoms with E-state index in [9.17, 15) is 14.4 Å². The van der Waals surface area contributed by atoms with Crippen LogP contribution in [0, 0.1) is 0 Å². The number of nitrogens with one attached hydrogen (secondary N) is 1. The molecule has 31 heavy (non-hydrogen) atoms. The smallest absolute Gasteiger partial charge is 0.262 e. The van der Waals surface area contributed by atoms with Crippen molar-refractivity contribution in [3.05, 3.63) is 71.3 Å². The number of aliphatic hydroxyl groups excluding tert-OH is 1. The SMILES string of the molecule is O=C(C(Cc1ccccc1)N1C(=O)c2ccccc2C1=O)N1CC[NH+](CCO)CC1.[Cl-]. The van der Waals surface area contributed by atoms with Crippen LogP contribution in [0.4, 0.5) is 0 Å². The molecule has 2 aliphatic rings. The number of piperazine rings is 1. The summed E-state index contributed by atoms with van der Waals surface area (Å²) in [6, 6.07) is 15.3. The number of rotatable bonds is 6. The summed E-state index contributed by atoms with van der Waals surface area (Å²) in [4.78, 5) is 43.8. The molecule has 4 rings (SSSR count). The van der Waals surface area contributed by atoms with Crippen molar-refractivity contribution in [3.8, 4) is 0 Å². The number of benzene rings is 2. The lowest BCUT2D eigenvalue weighted by Crippen LogP contribution is -3.15. The van der Waals surface area contributed by atoms with Gasteiger partial charge in [-0.1, -0.05) is 42.5 Å². The fraction of sp³-hybridized carbons (Fsp3) is 0.348. The number of imide groups is 1. The maximum Gasteiger partial charge on any atom is 0.262 e. The minimum Gasteiger partial charge on any atom is -1.00 e. The van der Waals surface area contributed by atoms with Gasteiger partial charge in [0.15, 0.2) is 0 Å². The van der Waals surface area contributed by atoms with Crippen LogP contribution in [0.1, 0.15) is 26.3 Å². The summed E-state index contributed by atoms with van der Waals surface area (Å²) >= 11 is 0. The Morgan fingerprint density at radius 3 is 2.03 bits per heavy atom. The molecule has 0 radical (unpaired) electrons. The first kappa shape index (κ1) is 22.9. The highest BCUT2D eigenvalue weighted by molar-refractivity contribution is 6.22. The summed E-state index contributed by atoms with van der Waals surface area (Å²) in [6.07, 6.45) is 0.287. The summed E-state index contributed by atoms with van der Waals surface area (Å²) < 4.78 is 0. The van der Waals surface area contributed by atoms with Gasteiger partial charge in [-0.05, 0) is 17.7 Å². The summed E-state index contributed by atoms with van der Waals surface area (Å²) in [5.74, 6) is -1.01. The van der Waals surface area contributed by atoms with Crippen LogP contribution in [0.25, 0.3) is 0 Å². The lowest BCUT2D eigenvalue weighted by Gasteiger charge is -2.36. The zero-order chi connectivity index (χ0) is 21.1. The van der Waals surface area contributed by atoms with Crippen LogP contribution in [0.5, 0.6) is 0 Å². The number of carbonyl (C=O) groups is 3. The molecule has 1 unspecified atom stereocenters. The van der Waals surface area contributed by atoms with Crippen molar-refractivity contribution in [2.24, 2.45) is 0 Å². The molecule has 2 N–H and O–H groups in total. The van der Waals surface area contributed by atoms with E-state index in [4.69, 9.17) is 5.11 Å². The average Bonchev–Trinajstić information content (AvgIpc) is 3.03. The van der Waals surface area contributed by atoms with Gasteiger partial charge in [0.1, 0.15) is 12.6 Å². The number of amides is 3. The molecule has 164 valence electrons. The summed E-state index contributed by atoms with van der Waals surface area (Å²) in [6.45, 7) is 3.35. The van der Waals surface area contributed by atoms with Gasteiger partial charge in [-0.25, -0.2) is 0 Å². The van der Waals surface area contributed by atoms with E-state index in [1.165, 1.54) is 4.90 Å². The van der Waals surface area contributed by atoms with Crippen LogP contribution < -0.4 is 17.3 Å². The second-order valence-corrected chi connectivity index (χ2v) is 7.78. The molecule has 7 nitrogen and oxygen atoms in total. The third-order valence-corrected chi connectivity index (χ3v) is 5.94. The number of carbonyl (C=O) groups excluding carboxylic acids is 3. The Kier molecular flexibility index (Phi) is 7.43. The van der Waals surface area contributed by atoms with Gasteiger partial charge < -0.3 is 27.3 Å². The molecule has 0 bridgehead atoms. The number of halogens is 1. The second kappa shape index (κ2) is 10.0. The maximum absolute atomic E-state index is 13.5. The Bertz CT molecular complexity index is 910. The zero-order valence-corrected chi connectivity index (χ0v) is 17.9. The highest BCUT2D eigenvalue weighted by atomic mass is 35.5. The largest absolute Gasteiger partial charge is 1.00 e. The topological polar surface area (TPSA) is 82.4 Å². The van der Waals surface area contributed by atoms with Crippen molar-refractivity contribution in [1.29, 1.82) is 0 Å². The summed E-state index contributed by atoms with van der Waals surface area (Å²) in [5, 5.41) is 9.15. The first-order valence-corrected chi connectivity index (χ1v) is 10.3. The average molecular weight is 444 g/mol. The van der Waals surface area contributed by atoms with Crippen LogP contribution in [0.3, 0.4) is 0 Å². The summed E-state index contributed by atoms with van der Waals surface area (Å²) in [7, 11) is 0. The molecule has 2 aliphatic heterocycles. The van der Waals surface area contributed by atoms with Gasteiger partial charge in [-0.3, -0.25) is 19.3 Å². The fourth-order valence-electron chi connectivity index (χ4n) is 4.28. The Morgan fingerprint density at radius 2 is 1.48 bits per heavy atom. The van der Waals surface area contributed by atoms with Crippen molar-refractivity contribution in [2.45, 2.75) is 12.5 Å². The molecule has 2 heterocycles. The lowest BCUT2D eigenvalue weighted by molar-refractivity contribution is -0.904. The molecule has 1 atom stereocenters. The predicted octanol–water partition coefficient (Wildman–Crippen LogP) is -3.38. The number of nitrogens with zero attached hydrogens (tertiary/aromatic N) is 2. The van der Waals surface area contributed by atoms with Crippen LogP contribution in [-0.4, -0.2) is 78.0 Å². The maximum atomic E-state index is 13.5. The fourth-order valence-corrected chi connectivity index (χ4v) is 4.28. The monoisotopic (exact) mass is 443 g/mol. The third-order valence-electron chi connectivity index (χ3n) is 5.94. The van der Waals surface area contributed by atoms with Crippen LogP contribution in [0.15, 0.2) is 54.6 Å². The van der Waals surface area contributed by atoms with Gasteiger partial charge >= 0.3 is 0 Å². The predicted molar refractivity (Wildman–Crippen MR) is 110 cm³/mol. The van der Waals surface area contributed by atoms with Crippen molar-refractivity contribution in [3.63, 3.8) is 0 Å². The Labute approximate surface area is 187 Å². The van der Waals surface area contributed by atoms with Crippen molar-refractivity contribution in [2.75, 3.05) is 39.3 Å². The Hall–Kier alpha value is -2.74. The normalized spacial score (nSPS) is 17.3. The van der Waals surface area contributed by atoms with E-state index in [-0.39, 0.29) is 31.3 Å². The van der Waals surface area contributed by atoms with E-state index in [1.807, 2.05) is 30.3 Å². The number of aliphatic hydroxyl groups is 1. The minimum absolute atomic E-state index is 0. The van der Waals surface area contributed by atoms with Crippen molar-refractivity contribution in [1.82, 2.24) is 9.80 Å². The van der Waals surface area contributed by atoms with Gasteiger partial charge in [0.05, 0.1) is 43.9 Å². The first-order chi connectivity index (χ1) is 14.6. The molecule has 1 saturated heterocycles. The molecule has 8 heteroatoms. The third kappa shape index (κ3) is 4.63. The Balaban J connectivity index is 0.00000272. The van der Waals surface area contributed by atoms with E-state index in [0.29, 0.717) is 30.8 Å². The molecule has 0 spiro atoms. The van der Waals surface area contributed by atoms with E-state index in [1.54, 1.807) is 29.2 Å². The summed E-state index contributed by atoms with van der Waals surface area (Å²) in [5.41, 5.74) is 1.60. The van der Waals surface area contributed by atoms with E-state index in [0.717, 1.165) is 23.6 Å². The highest BCUT2D eigenvalue weighted by Gasteiger charge is 2.44. The number of quaternary nitrogens is 1. The second-order valence-electron chi connectivity index (χ2n) is 7.78. The van der Waals surface area contributed by atoms with Gasteiger partial charge in [-0.2, -0.15) is 0 Å². The van der Waals surface area contributed by atoms with Crippen LogP contribution >= 0.6 is 0 Å². The van der Waals surface area contributed by atoms with Gasteiger partial charge in [0.25, 0.3) is 11.8 Å². The van der Waals surface area contributed by atoms with Crippen LogP contribution in [-0.2, 0) is 11.2 Å². The van der Waals surface area contributed by atoms with Crippen molar-refractivity contribution >= 4 is 17.7 Å². The highest BCUT2D eigenvalue weighted by Crippen LogP contribution is 2.26. The molecule has 2 aromatic carbocycles. The number of hydrogen-bond acceptors (Lipinski definition) is 4. The lowest BCUT2D eigenvalue weighted by atomic mass is 10.0. The minimum atomic E-state index is -0.876. The number of fused-ring (bicyclic) bond motifs is 1. The molecule has 2 aromatic rings. The molecule has 0 saturated carbocycles. The molecular formula is C23H26ClN3O4. The quantitative estimate of drug-likeness (QED) is 0.456. The Morgan fingerprint density at radius 1 is 0.935 bits per heavy atom. The van der Waals surface area contributed by atoms with Crippen LogP contribution in [0.2, 0.25) is 0 Å². The van der Waals surface area contributed by atoms with Crippen molar-refractivity contribution < 1.29 is 36.8 Å². The molecule has 0 aromatic heterocycles. The molecule has 0 aliphatic carbocycles.